The Labute approximate surface area is 162 Å². The molecule has 0 unspecified atom stereocenters. The quantitative estimate of drug-likeness (QED) is 0.581. The molecule has 0 aliphatic carbocycles. The standard InChI is InChI=1S/C20H16ClNO4S/c1-14(23)15-5-4-6-16(13-15)22-27(24,25)18-11-9-17(10-12-18)26-20-8-3-2-7-19(20)21/h2-13,22H,1H3. The van der Waals surface area contributed by atoms with Crippen molar-refractivity contribution in [2.24, 2.45) is 0 Å². The van der Waals surface area contributed by atoms with Gasteiger partial charge in [0.25, 0.3) is 10.0 Å². The van der Waals surface area contributed by atoms with Gasteiger partial charge in [0.05, 0.1) is 9.92 Å². The topological polar surface area (TPSA) is 72.5 Å². The molecule has 0 saturated carbocycles. The van der Waals surface area contributed by atoms with Gasteiger partial charge in [-0.3, -0.25) is 9.52 Å². The number of anilines is 1. The number of Topliss-reactive ketones (excluding diaryl/α,β-unsaturated/α-hetero) is 1. The maximum absolute atomic E-state index is 12.5. The molecule has 7 heteroatoms. The van der Waals surface area contributed by atoms with E-state index in [9.17, 15) is 13.2 Å². The monoisotopic (exact) mass is 401 g/mol. The van der Waals surface area contributed by atoms with Crippen LogP contribution in [0.4, 0.5) is 5.69 Å². The molecule has 0 amide bonds. The van der Waals surface area contributed by atoms with Crippen LogP contribution < -0.4 is 9.46 Å². The fourth-order valence-corrected chi connectivity index (χ4v) is 3.58. The van der Waals surface area contributed by atoms with Gasteiger partial charge < -0.3 is 4.74 Å². The summed E-state index contributed by atoms with van der Waals surface area (Å²) in [5, 5.41) is 0.459. The third-order valence-corrected chi connectivity index (χ3v) is 5.43. The lowest BCUT2D eigenvalue weighted by atomic mass is 10.1. The Hall–Kier alpha value is -2.83. The first-order valence-electron chi connectivity index (χ1n) is 8.01. The molecule has 0 bridgehead atoms. The molecule has 0 heterocycles. The van der Waals surface area contributed by atoms with Gasteiger partial charge in [-0.05, 0) is 55.5 Å². The molecule has 0 spiro atoms. The molecule has 27 heavy (non-hydrogen) atoms. The summed E-state index contributed by atoms with van der Waals surface area (Å²) in [6.45, 7) is 1.42. The number of rotatable bonds is 6. The molecular weight excluding hydrogens is 386 g/mol. The van der Waals surface area contributed by atoms with Crippen LogP contribution in [0.15, 0.2) is 77.7 Å². The van der Waals surface area contributed by atoms with Crippen LogP contribution in [0.25, 0.3) is 0 Å². The van der Waals surface area contributed by atoms with Crippen molar-refractivity contribution in [3.63, 3.8) is 0 Å². The summed E-state index contributed by atoms with van der Waals surface area (Å²) >= 11 is 6.05. The van der Waals surface area contributed by atoms with E-state index < -0.39 is 10.0 Å². The lowest BCUT2D eigenvalue weighted by Crippen LogP contribution is -2.13. The van der Waals surface area contributed by atoms with Crippen LogP contribution in [-0.2, 0) is 10.0 Å². The van der Waals surface area contributed by atoms with Gasteiger partial charge in [-0.25, -0.2) is 8.42 Å². The van der Waals surface area contributed by atoms with E-state index in [1.54, 1.807) is 54.6 Å². The summed E-state index contributed by atoms with van der Waals surface area (Å²) in [6.07, 6.45) is 0. The van der Waals surface area contributed by atoms with Crippen molar-refractivity contribution >= 4 is 33.1 Å². The van der Waals surface area contributed by atoms with Crippen molar-refractivity contribution in [1.82, 2.24) is 0 Å². The predicted octanol–water partition coefficient (Wildman–Crippen LogP) is 5.14. The SMILES string of the molecule is CC(=O)c1cccc(NS(=O)(=O)c2ccc(Oc3ccccc3Cl)cc2)c1. The first-order chi connectivity index (χ1) is 12.8. The maximum atomic E-state index is 12.5. The van der Waals surface area contributed by atoms with E-state index in [0.29, 0.717) is 27.8 Å². The molecule has 0 aromatic heterocycles. The normalized spacial score (nSPS) is 11.0. The number of ether oxygens (including phenoxy) is 1. The maximum Gasteiger partial charge on any atom is 0.261 e. The number of benzene rings is 3. The van der Waals surface area contributed by atoms with Crippen molar-refractivity contribution in [1.29, 1.82) is 0 Å². The van der Waals surface area contributed by atoms with Crippen LogP contribution >= 0.6 is 11.6 Å². The van der Waals surface area contributed by atoms with E-state index >= 15 is 0 Å². The van der Waals surface area contributed by atoms with Gasteiger partial charge in [0.1, 0.15) is 11.5 Å². The van der Waals surface area contributed by atoms with E-state index in [0.717, 1.165) is 0 Å². The Morgan fingerprint density at radius 2 is 1.67 bits per heavy atom. The number of sulfonamides is 1. The molecular formula is C20H16ClNO4S. The smallest absolute Gasteiger partial charge is 0.261 e. The van der Waals surface area contributed by atoms with Gasteiger partial charge >= 0.3 is 0 Å². The van der Waals surface area contributed by atoms with Gasteiger partial charge in [0.15, 0.2) is 5.78 Å². The summed E-state index contributed by atoms with van der Waals surface area (Å²) in [6, 6.07) is 19.3. The number of ketones is 1. The van der Waals surface area contributed by atoms with Crippen LogP contribution in [0.2, 0.25) is 5.02 Å². The predicted molar refractivity (Wildman–Crippen MR) is 105 cm³/mol. The van der Waals surface area contributed by atoms with E-state index in [1.807, 2.05) is 0 Å². The molecule has 0 atom stereocenters. The van der Waals surface area contributed by atoms with Crippen LogP contribution in [0, 0.1) is 0 Å². The van der Waals surface area contributed by atoms with Crippen molar-refractivity contribution in [3.8, 4) is 11.5 Å². The van der Waals surface area contributed by atoms with Gasteiger partial charge in [-0.1, -0.05) is 35.9 Å². The summed E-state index contributed by atoms with van der Waals surface area (Å²) in [4.78, 5) is 11.5. The van der Waals surface area contributed by atoms with E-state index in [-0.39, 0.29) is 10.7 Å². The molecule has 138 valence electrons. The minimum Gasteiger partial charge on any atom is -0.456 e. The van der Waals surface area contributed by atoms with E-state index in [4.69, 9.17) is 16.3 Å². The molecule has 5 nitrogen and oxygen atoms in total. The second kappa shape index (κ2) is 7.82. The van der Waals surface area contributed by atoms with E-state index in [2.05, 4.69) is 4.72 Å². The average molecular weight is 402 g/mol. The Kier molecular flexibility index (Phi) is 5.48. The number of carbonyl (C=O) groups excluding carboxylic acids is 1. The first-order valence-corrected chi connectivity index (χ1v) is 9.87. The highest BCUT2D eigenvalue weighted by Crippen LogP contribution is 2.29. The Morgan fingerprint density at radius 3 is 2.33 bits per heavy atom. The van der Waals surface area contributed by atoms with Crippen LogP contribution in [0.1, 0.15) is 17.3 Å². The summed E-state index contributed by atoms with van der Waals surface area (Å²) in [5.74, 6) is 0.798. The third kappa shape index (κ3) is 4.67. The highest BCUT2D eigenvalue weighted by atomic mass is 35.5. The zero-order valence-electron chi connectivity index (χ0n) is 14.3. The van der Waals surface area contributed by atoms with Crippen LogP contribution in [0.3, 0.4) is 0 Å². The van der Waals surface area contributed by atoms with Gasteiger partial charge in [-0.15, -0.1) is 0 Å². The van der Waals surface area contributed by atoms with E-state index in [1.165, 1.54) is 25.1 Å². The molecule has 3 aromatic carbocycles. The second-order valence-electron chi connectivity index (χ2n) is 5.75. The summed E-state index contributed by atoms with van der Waals surface area (Å²) < 4.78 is 33.2. The first kappa shape index (κ1) is 18.9. The number of halogens is 1. The van der Waals surface area contributed by atoms with Crippen molar-refractivity contribution in [3.05, 3.63) is 83.4 Å². The van der Waals surface area contributed by atoms with Crippen LogP contribution in [0.5, 0.6) is 11.5 Å². The Morgan fingerprint density at radius 1 is 0.963 bits per heavy atom. The van der Waals surface area contributed by atoms with Gasteiger partial charge in [0, 0.05) is 11.3 Å². The molecule has 0 radical (unpaired) electrons. The van der Waals surface area contributed by atoms with Gasteiger partial charge in [0.2, 0.25) is 0 Å². The average Bonchev–Trinajstić information content (AvgIpc) is 2.64. The molecule has 3 aromatic rings. The fraction of sp³-hybridized carbons (Fsp3) is 0.0500. The van der Waals surface area contributed by atoms with Crippen molar-refractivity contribution in [2.45, 2.75) is 11.8 Å². The molecule has 1 N–H and O–H groups in total. The third-order valence-electron chi connectivity index (χ3n) is 3.72. The largest absolute Gasteiger partial charge is 0.456 e. The Balaban J connectivity index is 1.78. The second-order valence-corrected chi connectivity index (χ2v) is 7.84. The molecule has 0 saturated heterocycles. The fourth-order valence-electron chi connectivity index (χ4n) is 2.36. The zero-order chi connectivity index (χ0) is 19.4. The van der Waals surface area contributed by atoms with Crippen molar-refractivity contribution < 1.29 is 17.9 Å². The lowest BCUT2D eigenvalue weighted by Gasteiger charge is -2.10. The molecule has 0 aliphatic heterocycles. The van der Waals surface area contributed by atoms with Crippen molar-refractivity contribution in [2.75, 3.05) is 4.72 Å². The number of para-hydroxylation sites is 1. The number of hydrogen-bond donors (Lipinski definition) is 1. The summed E-state index contributed by atoms with van der Waals surface area (Å²) in [7, 11) is -3.80. The number of hydrogen-bond acceptors (Lipinski definition) is 4. The Bertz CT molecular complexity index is 1080. The molecule has 3 rings (SSSR count). The lowest BCUT2D eigenvalue weighted by molar-refractivity contribution is 0.101. The highest BCUT2D eigenvalue weighted by Gasteiger charge is 2.15. The zero-order valence-corrected chi connectivity index (χ0v) is 15.9. The molecule has 0 aliphatic rings. The van der Waals surface area contributed by atoms with Crippen LogP contribution in [-0.4, -0.2) is 14.2 Å². The minimum atomic E-state index is -3.80. The number of carbonyl (C=O) groups is 1. The summed E-state index contributed by atoms with van der Waals surface area (Å²) in [5.41, 5.74) is 0.748. The highest BCUT2D eigenvalue weighted by molar-refractivity contribution is 7.92. The molecule has 0 fully saturated rings. The van der Waals surface area contributed by atoms with Gasteiger partial charge in [-0.2, -0.15) is 0 Å². The number of nitrogens with one attached hydrogen (secondary N) is 1. The minimum absolute atomic E-state index is 0.0715.